The van der Waals surface area contributed by atoms with E-state index in [0.717, 1.165) is 51.4 Å². The van der Waals surface area contributed by atoms with Crippen LogP contribution < -0.4 is 21.4 Å². The molecule has 2 heterocycles. The number of hydroxylamine groups is 1. The average molecular weight is 752 g/mol. The zero-order valence-electron chi connectivity index (χ0n) is 29.9. The van der Waals surface area contributed by atoms with E-state index >= 15 is 0 Å². The van der Waals surface area contributed by atoms with E-state index in [1.807, 2.05) is 26.8 Å². The highest BCUT2D eigenvalue weighted by Gasteiger charge is 2.54. The molecule has 286 valence electrons. The van der Waals surface area contributed by atoms with Crippen molar-refractivity contribution in [2.45, 2.75) is 121 Å². The topological polar surface area (TPSA) is 146 Å². The van der Waals surface area contributed by atoms with Crippen LogP contribution >= 0.6 is 11.6 Å². The van der Waals surface area contributed by atoms with E-state index in [2.05, 4.69) is 16.1 Å². The Bertz CT molecular complexity index is 1550. The standard InChI is InChI=1S/C37H49ClF3N5O6/c1-35(2,3)31(44-29(47)16-23-9-5-4-6-10-23)34(51)46-21-36(18-27(45-52-36)24-13-8-14-25(38)17-24)19-28(46)32(49)43-26(15-22-11-7-12-22)30(48)33(50)42-20-37(39,40)41/h8,13-14,17-18,22-23,26,28,31,45H,4-7,9-12,15-16,19-21H2,1-3H3,(H,42,50)(H,43,49)(H,44,47)/t26-,28-,31+,36+/m0/s1. The summed E-state index contributed by atoms with van der Waals surface area (Å²) in [6, 6.07) is 3.36. The number of benzene rings is 1. The van der Waals surface area contributed by atoms with Gasteiger partial charge in [0.2, 0.25) is 23.5 Å². The zero-order chi connectivity index (χ0) is 37.8. The van der Waals surface area contributed by atoms with Crippen LogP contribution in [0.5, 0.6) is 0 Å². The van der Waals surface area contributed by atoms with E-state index in [-0.39, 0.29) is 43.6 Å². The molecule has 15 heteroatoms. The van der Waals surface area contributed by atoms with Gasteiger partial charge in [-0.15, -0.1) is 0 Å². The number of carbonyl (C=O) groups is 5. The Morgan fingerprint density at radius 1 is 1.00 bits per heavy atom. The summed E-state index contributed by atoms with van der Waals surface area (Å²) < 4.78 is 38.5. The number of amides is 4. The van der Waals surface area contributed by atoms with Gasteiger partial charge in [-0.05, 0) is 54.7 Å². The summed E-state index contributed by atoms with van der Waals surface area (Å²) in [6.07, 6.45) is 4.83. The maximum Gasteiger partial charge on any atom is 0.405 e. The number of ketones is 1. The van der Waals surface area contributed by atoms with Crippen LogP contribution in [0.15, 0.2) is 30.3 Å². The molecule has 1 spiro atoms. The van der Waals surface area contributed by atoms with Crippen LogP contribution in [0.2, 0.25) is 5.02 Å². The van der Waals surface area contributed by atoms with E-state index < -0.39 is 65.4 Å². The molecule has 2 aliphatic carbocycles. The third kappa shape index (κ3) is 10.1. The smallest absolute Gasteiger partial charge is 0.344 e. The van der Waals surface area contributed by atoms with Gasteiger partial charge in [0.15, 0.2) is 0 Å². The van der Waals surface area contributed by atoms with E-state index in [0.29, 0.717) is 16.3 Å². The molecule has 4 N–H and O–H groups in total. The highest BCUT2D eigenvalue weighted by atomic mass is 35.5. The quantitative estimate of drug-likeness (QED) is 0.221. The van der Waals surface area contributed by atoms with Gasteiger partial charge < -0.3 is 20.9 Å². The first kappa shape index (κ1) is 39.6. The van der Waals surface area contributed by atoms with E-state index in [1.165, 1.54) is 4.90 Å². The second-order valence-electron chi connectivity index (χ2n) is 15.9. The van der Waals surface area contributed by atoms with Crippen LogP contribution in [0, 0.1) is 17.3 Å². The summed E-state index contributed by atoms with van der Waals surface area (Å²) >= 11 is 6.23. The Kier molecular flexibility index (Phi) is 12.3. The first-order valence-electron chi connectivity index (χ1n) is 18.1. The minimum Gasteiger partial charge on any atom is -0.344 e. The number of alkyl halides is 3. The van der Waals surface area contributed by atoms with Crippen LogP contribution in [0.3, 0.4) is 0 Å². The predicted octanol–water partition coefficient (Wildman–Crippen LogP) is 4.98. The maximum absolute atomic E-state index is 14.6. The lowest BCUT2D eigenvalue weighted by atomic mass is 9.80. The SMILES string of the molecule is CC(C)(C)[C@H](NC(=O)CC1CCCCC1)C(=O)N1C[C@@]2(C=C(c3cccc(Cl)c3)NO2)C[C@H]1C(=O)N[C@@H](CC1CCC1)C(=O)C(=O)NCC(F)(F)F. The third-order valence-corrected chi connectivity index (χ3v) is 10.8. The molecule has 2 saturated carbocycles. The van der Waals surface area contributed by atoms with Crippen molar-refractivity contribution in [3.63, 3.8) is 0 Å². The van der Waals surface area contributed by atoms with Gasteiger partial charge >= 0.3 is 6.18 Å². The normalized spacial score (nSPS) is 23.6. The number of nitrogens with one attached hydrogen (secondary N) is 4. The summed E-state index contributed by atoms with van der Waals surface area (Å²) in [7, 11) is 0. The molecule has 4 atom stereocenters. The first-order chi connectivity index (χ1) is 24.4. The van der Waals surface area contributed by atoms with Crippen molar-refractivity contribution in [2.24, 2.45) is 17.3 Å². The molecule has 0 aromatic heterocycles. The van der Waals surface area contributed by atoms with Crippen molar-refractivity contribution in [1.29, 1.82) is 0 Å². The molecule has 5 rings (SSSR count). The van der Waals surface area contributed by atoms with Crippen LogP contribution in [-0.2, 0) is 28.8 Å². The van der Waals surface area contributed by atoms with Crippen molar-refractivity contribution >= 4 is 46.7 Å². The van der Waals surface area contributed by atoms with Crippen LogP contribution in [0.1, 0.15) is 97.0 Å². The van der Waals surface area contributed by atoms with Crippen molar-refractivity contribution < 1.29 is 42.0 Å². The summed E-state index contributed by atoms with van der Waals surface area (Å²) in [6.45, 7) is 3.65. The van der Waals surface area contributed by atoms with Gasteiger partial charge in [0.25, 0.3) is 5.91 Å². The van der Waals surface area contributed by atoms with Gasteiger partial charge in [-0.3, -0.25) is 34.3 Å². The molecule has 52 heavy (non-hydrogen) atoms. The number of halogens is 4. The lowest BCUT2D eigenvalue weighted by Crippen LogP contribution is -2.59. The van der Waals surface area contributed by atoms with Crippen molar-refractivity contribution in [3.05, 3.63) is 40.9 Å². The van der Waals surface area contributed by atoms with Crippen molar-refractivity contribution in [1.82, 2.24) is 26.3 Å². The minimum absolute atomic E-state index is 0.00692. The molecule has 4 aliphatic rings. The van der Waals surface area contributed by atoms with Gasteiger partial charge in [0.1, 0.15) is 24.2 Å². The van der Waals surface area contributed by atoms with Crippen molar-refractivity contribution in [2.75, 3.05) is 13.1 Å². The Labute approximate surface area is 307 Å². The summed E-state index contributed by atoms with van der Waals surface area (Å²) in [5.41, 5.74) is 2.18. The monoisotopic (exact) mass is 751 g/mol. The predicted molar refractivity (Wildman–Crippen MR) is 187 cm³/mol. The van der Waals surface area contributed by atoms with Gasteiger partial charge in [-0.1, -0.05) is 83.0 Å². The fraction of sp³-hybridized carbons (Fsp3) is 0.649. The number of nitrogens with zero attached hydrogens (tertiary/aromatic N) is 1. The molecule has 1 saturated heterocycles. The van der Waals surface area contributed by atoms with E-state index in [4.69, 9.17) is 16.4 Å². The Hall–Kier alpha value is -3.65. The van der Waals surface area contributed by atoms with Crippen LogP contribution in [0.4, 0.5) is 13.2 Å². The summed E-state index contributed by atoms with van der Waals surface area (Å²) in [5, 5.41) is 7.67. The minimum atomic E-state index is -4.73. The molecule has 3 fully saturated rings. The lowest BCUT2D eigenvalue weighted by Gasteiger charge is -2.36. The molecule has 0 unspecified atom stereocenters. The van der Waals surface area contributed by atoms with E-state index in [9.17, 15) is 37.1 Å². The van der Waals surface area contributed by atoms with Gasteiger partial charge in [-0.2, -0.15) is 13.2 Å². The first-order valence-corrected chi connectivity index (χ1v) is 18.5. The second kappa shape index (κ2) is 16.2. The van der Waals surface area contributed by atoms with E-state index in [1.54, 1.807) is 29.6 Å². The fourth-order valence-corrected chi connectivity index (χ4v) is 7.69. The molecule has 1 aromatic rings. The summed E-state index contributed by atoms with van der Waals surface area (Å²) in [4.78, 5) is 75.4. The number of carbonyl (C=O) groups excluding carboxylic acids is 5. The maximum atomic E-state index is 14.6. The lowest BCUT2D eigenvalue weighted by molar-refractivity contribution is -0.148. The number of hydrogen-bond acceptors (Lipinski definition) is 7. The molecule has 4 amide bonds. The number of Topliss-reactive ketones (excluding diaryl/α,β-unsaturated/α-hetero) is 1. The summed E-state index contributed by atoms with van der Waals surface area (Å²) in [5.74, 6) is -3.98. The highest BCUT2D eigenvalue weighted by Crippen LogP contribution is 2.39. The van der Waals surface area contributed by atoms with Gasteiger partial charge in [0, 0.05) is 23.4 Å². The van der Waals surface area contributed by atoms with Gasteiger partial charge in [-0.25, -0.2) is 0 Å². The Balaban J connectivity index is 1.42. The Morgan fingerprint density at radius 2 is 1.69 bits per heavy atom. The third-order valence-electron chi connectivity index (χ3n) is 10.6. The Morgan fingerprint density at radius 3 is 2.31 bits per heavy atom. The number of rotatable bonds is 12. The molecular weight excluding hydrogens is 703 g/mol. The molecule has 11 nitrogen and oxygen atoms in total. The molecule has 0 radical (unpaired) electrons. The number of likely N-dealkylation sites (tertiary alicyclic amines) is 1. The molecule has 1 aromatic carbocycles. The average Bonchev–Trinajstić information content (AvgIpc) is 3.66. The largest absolute Gasteiger partial charge is 0.405 e. The number of hydrogen-bond donors (Lipinski definition) is 4. The fourth-order valence-electron chi connectivity index (χ4n) is 7.50. The second-order valence-corrected chi connectivity index (χ2v) is 16.3. The van der Waals surface area contributed by atoms with Crippen LogP contribution in [0.25, 0.3) is 5.70 Å². The van der Waals surface area contributed by atoms with Crippen LogP contribution in [-0.4, -0.2) is 77.3 Å². The molecule has 0 bridgehead atoms. The van der Waals surface area contributed by atoms with Gasteiger partial charge in [0.05, 0.1) is 18.3 Å². The molecule has 2 aliphatic heterocycles. The molecular formula is C37H49ClF3N5O6. The highest BCUT2D eigenvalue weighted by molar-refractivity contribution is 6.38. The van der Waals surface area contributed by atoms with Crippen molar-refractivity contribution in [3.8, 4) is 0 Å². The zero-order valence-corrected chi connectivity index (χ0v) is 30.6.